The molecular weight excluding hydrogens is 426 g/mol. The Morgan fingerprint density at radius 2 is 1.79 bits per heavy atom. The molecule has 1 saturated heterocycles. The lowest BCUT2D eigenvalue weighted by atomic mass is 9.87. The molecule has 0 saturated carbocycles. The van der Waals surface area contributed by atoms with Gasteiger partial charge in [-0.3, -0.25) is 9.59 Å². The second-order valence-electron chi connectivity index (χ2n) is 8.22. The van der Waals surface area contributed by atoms with E-state index in [0.717, 1.165) is 4.47 Å². The SMILES string of the molecule is CC(C)(C)c1c(C(=O)N2CCC(C(N)=O)CC2)c2cc(Br)ccc2n1C(=O)O. The number of piperidine rings is 1. The number of rotatable bonds is 2. The number of amides is 2. The molecule has 0 aliphatic carbocycles. The van der Waals surface area contributed by atoms with Crippen molar-refractivity contribution in [2.24, 2.45) is 11.7 Å². The highest BCUT2D eigenvalue weighted by Crippen LogP contribution is 2.37. The molecule has 0 spiro atoms. The van der Waals surface area contributed by atoms with Crippen LogP contribution in [0.1, 0.15) is 49.7 Å². The molecule has 0 bridgehead atoms. The molecule has 7 nitrogen and oxygen atoms in total. The van der Waals surface area contributed by atoms with Crippen LogP contribution in [0.15, 0.2) is 22.7 Å². The average Bonchev–Trinajstić information content (AvgIpc) is 2.96. The van der Waals surface area contributed by atoms with Crippen molar-refractivity contribution in [3.63, 3.8) is 0 Å². The van der Waals surface area contributed by atoms with Gasteiger partial charge in [0, 0.05) is 40.0 Å². The van der Waals surface area contributed by atoms with Crippen LogP contribution in [0.4, 0.5) is 4.79 Å². The summed E-state index contributed by atoms with van der Waals surface area (Å²) in [6, 6.07) is 5.26. The van der Waals surface area contributed by atoms with Gasteiger partial charge in [-0.25, -0.2) is 9.36 Å². The maximum atomic E-state index is 13.5. The largest absolute Gasteiger partial charge is 0.464 e. The summed E-state index contributed by atoms with van der Waals surface area (Å²) in [5.74, 6) is -0.773. The van der Waals surface area contributed by atoms with E-state index in [9.17, 15) is 19.5 Å². The summed E-state index contributed by atoms with van der Waals surface area (Å²) >= 11 is 3.42. The zero-order valence-corrected chi connectivity index (χ0v) is 17.7. The predicted octanol–water partition coefficient (Wildman–Crippen LogP) is 3.56. The number of halogens is 1. The van der Waals surface area contributed by atoms with Crippen LogP contribution < -0.4 is 5.73 Å². The first kappa shape index (κ1) is 20.4. The van der Waals surface area contributed by atoms with Crippen LogP contribution in [0, 0.1) is 5.92 Å². The van der Waals surface area contributed by atoms with Crippen LogP contribution in [0.2, 0.25) is 0 Å². The molecule has 2 heterocycles. The Morgan fingerprint density at radius 1 is 1.18 bits per heavy atom. The van der Waals surface area contributed by atoms with E-state index in [1.54, 1.807) is 23.1 Å². The molecule has 150 valence electrons. The molecule has 8 heteroatoms. The van der Waals surface area contributed by atoms with E-state index in [4.69, 9.17) is 5.73 Å². The van der Waals surface area contributed by atoms with Crippen molar-refractivity contribution in [2.75, 3.05) is 13.1 Å². The van der Waals surface area contributed by atoms with Gasteiger partial charge in [0.25, 0.3) is 5.91 Å². The van der Waals surface area contributed by atoms with Crippen molar-refractivity contribution in [2.45, 2.75) is 39.0 Å². The first-order valence-corrected chi connectivity index (χ1v) is 9.98. The van der Waals surface area contributed by atoms with Gasteiger partial charge < -0.3 is 15.7 Å². The van der Waals surface area contributed by atoms with Gasteiger partial charge in [0.2, 0.25) is 5.91 Å². The standard InChI is InChI=1S/C20H24BrN3O4/c1-20(2,3)16-15(18(26)23-8-6-11(7-9-23)17(22)25)13-10-12(21)4-5-14(13)24(16)19(27)28/h4-5,10-11H,6-9H2,1-3H3,(H2,22,25)(H,27,28). The van der Waals surface area contributed by atoms with Gasteiger partial charge in [0.15, 0.2) is 0 Å². The number of nitrogens with two attached hydrogens (primary N) is 1. The van der Waals surface area contributed by atoms with Crippen LogP contribution in [0.5, 0.6) is 0 Å². The summed E-state index contributed by atoms with van der Waals surface area (Å²) in [6.45, 7) is 6.52. The van der Waals surface area contributed by atoms with Crippen LogP contribution in [-0.4, -0.2) is 45.6 Å². The maximum Gasteiger partial charge on any atom is 0.416 e. The van der Waals surface area contributed by atoms with E-state index in [1.165, 1.54) is 4.57 Å². The van der Waals surface area contributed by atoms with Crippen LogP contribution in [0.3, 0.4) is 0 Å². The first-order valence-electron chi connectivity index (χ1n) is 9.18. The third-order valence-corrected chi connectivity index (χ3v) is 5.72. The lowest BCUT2D eigenvalue weighted by molar-refractivity contribution is -0.123. The highest BCUT2D eigenvalue weighted by atomic mass is 79.9. The summed E-state index contributed by atoms with van der Waals surface area (Å²) in [5, 5.41) is 10.5. The van der Waals surface area contributed by atoms with E-state index < -0.39 is 11.5 Å². The summed E-state index contributed by atoms with van der Waals surface area (Å²) < 4.78 is 1.98. The van der Waals surface area contributed by atoms with Gasteiger partial charge >= 0.3 is 6.09 Å². The fourth-order valence-corrected chi connectivity index (χ4v) is 4.28. The van der Waals surface area contributed by atoms with Gasteiger partial charge in [-0.15, -0.1) is 0 Å². The monoisotopic (exact) mass is 449 g/mol. The molecule has 0 atom stereocenters. The van der Waals surface area contributed by atoms with E-state index in [-0.39, 0.29) is 17.7 Å². The van der Waals surface area contributed by atoms with Gasteiger partial charge in [-0.05, 0) is 31.0 Å². The van der Waals surface area contributed by atoms with Gasteiger partial charge in [-0.1, -0.05) is 36.7 Å². The van der Waals surface area contributed by atoms with E-state index in [0.29, 0.717) is 48.1 Å². The van der Waals surface area contributed by atoms with Crippen molar-refractivity contribution in [1.82, 2.24) is 9.47 Å². The smallest absolute Gasteiger partial charge is 0.416 e. The Morgan fingerprint density at radius 3 is 2.29 bits per heavy atom. The van der Waals surface area contributed by atoms with E-state index in [1.807, 2.05) is 20.8 Å². The first-order chi connectivity index (χ1) is 13.0. The number of aromatic nitrogens is 1. The van der Waals surface area contributed by atoms with E-state index in [2.05, 4.69) is 15.9 Å². The highest BCUT2D eigenvalue weighted by molar-refractivity contribution is 9.10. The average molecular weight is 450 g/mol. The molecule has 3 N–H and O–H groups in total. The number of hydrogen-bond donors (Lipinski definition) is 2. The number of benzene rings is 1. The number of likely N-dealkylation sites (tertiary alicyclic amines) is 1. The minimum absolute atomic E-state index is 0.212. The topological polar surface area (TPSA) is 106 Å². The van der Waals surface area contributed by atoms with Gasteiger partial charge in [0.05, 0.1) is 11.1 Å². The summed E-state index contributed by atoms with van der Waals surface area (Å²) in [4.78, 5) is 38.7. The molecule has 2 aromatic rings. The number of carbonyl (C=O) groups excluding carboxylic acids is 2. The predicted molar refractivity (Wildman–Crippen MR) is 110 cm³/mol. The third kappa shape index (κ3) is 3.53. The maximum absolute atomic E-state index is 13.5. The number of primary amides is 1. The number of carboxylic acid groups (broad SMARTS) is 1. The summed E-state index contributed by atoms with van der Waals surface area (Å²) in [7, 11) is 0. The number of carbonyl (C=O) groups is 3. The molecule has 2 amide bonds. The fraction of sp³-hybridized carbons (Fsp3) is 0.450. The normalized spacial score (nSPS) is 15.8. The van der Waals surface area contributed by atoms with Crippen molar-refractivity contribution < 1.29 is 19.5 Å². The Bertz CT molecular complexity index is 966. The lowest BCUT2D eigenvalue weighted by Gasteiger charge is -2.31. The molecule has 0 unspecified atom stereocenters. The Hall–Kier alpha value is -2.35. The molecular formula is C20H24BrN3O4. The fourth-order valence-electron chi connectivity index (χ4n) is 3.91. The minimum Gasteiger partial charge on any atom is -0.464 e. The van der Waals surface area contributed by atoms with Gasteiger partial charge in [-0.2, -0.15) is 0 Å². The van der Waals surface area contributed by atoms with Gasteiger partial charge in [0.1, 0.15) is 0 Å². The van der Waals surface area contributed by atoms with Crippen LogP contribution in [0.25, 0.3) is 10.9 Å². The summed E-state index contributed by atoms with van der Waals surface area (Å²) in [6.07, 6.45) is -0.0795. The quantitative estimate of drug-likeness (QED) is 0.730. The molecule has 3 rings (SSSR count). The molecule has 1 aromatic carbocycles. The molecule has 0 radical (unpaired) electrons. The molecule has 1 aliphatic rings. The molecule has 28 heavy (non-hydrogen) atoms. The third-order valence-electron chi connectivity index (χ3n) is 5.23. The second kappa shape index (κ2) is 7.24. The highest BCUT2D eigenvalue weighted by Gasteiger charge is 2.35. The van der Waals surface area contributed by atoms with Crippen LogP contribution >= 0.6 is 15.9 Å². The van der Waals surface area contributed by atoms with Crippen LogP contribution in [-0.2, 0) is 10.2 Å². The molecule has 1 aromatic heterocycles. The molecule has 1 aliphatic heterocycles. The van der Waals surface area contributed by atoms with Crippen molar-refractivity contribution in [3.05, 3.63) is 33.9 Å². The number of hydrogen-bond acceptors (Lipinski definition) is 3. The minimum atomic E-state index is -1.12. The Kier molecular flexibility index (Phi) is 5.27. The Labute approximate surface area is 171 Å². The number of fused-ring (bicyclic) bond motifs is 1. The zero-order chi connectivity index (χ0) is 20.8. The Balaban J connectivity index is 2.17. The number of nitrogens with zero attached hydrogens (tertiary/aromatic N) is 2. The second-order valence-corrected chi connectivity index (χ2v) is 9.14. The summed E-state index contributed by atoms with van der Waals surface area (Å²) in [5.41, 5.74) is 6.18. The molecule has 1 fully saturated rings. The lowest BCUT2D eigenvalue weighted by Crippen LogP contribution is -2.42. The van der Waals surface area contributed by atoms with Crippen molar-refractivity contribution >= 4 is 44.7 Å². The van der Waals surface area contributed by atoms with E-state index >= 15 is 0 Å². The van der Waals surface area contributed by atoms with Crippen molar-refractivity contribution in [3.8, 4) is 0 Å². The van der Waals surface area contributed by atoms with Crippen molar-refractivity contribution in [1.29, 1.82) is 0 Å². The zero-order valence-electron chi connectivity index (χ0n) is 16.2.